The zero-order valence-corrected chi connectivity index (χ0v) is 12.4. The maximum absolute atomic E-state index is 11.4. The summed E-state index contributed by atoms with van der Waals surface area (Å²) in [5.74, 6) is -0.527. The Morgan fingerprint density at radius 3 is 1.90 bits per heavy atom. The lowest BCUT2D eigenvalue weighted by atomic mass is 10.3. The van der Waals surface area contributed by atoms with Crippen LogP contribution in [0.5, 0.6) is 11.5 Å². The van der Waals surface area contributed by atoms with Crippen molar-refractivity contribution in [3.05, 3.63) is 12.1 Å². The quantitative estimate of drug-likeness (QED) is 0.740. The van der Waals surface area contributed by atoms with Crippen LogP contribution in [0.1, 0.15) is 13.8 Å². The Morgan fingerprint density at radius 2 is 1.50 bits per heavy atom. The number of hydrogen-bond acceptors (Lipinski definition) is 6. The van der Waals surface area contributed by atoms with E-state index in [2.05, 4.69) is 0 Å². The second kappa shape index (κ2) is 5.95. The summed E-state index contributed by atoms with van der Waals surface area (Å²) in [6.45, 7) is 3.32. The average Bonchev–Trinajstić information content (AvgIpc) is 2.28. The van der Waals surface area contributed by atoms with Crippen LogP contribution < -0.4 is 9.47 Å². The Hall–Kier alpha value is -1.36. The molecule has 0 aliphatic heterocycles. The Labute approximate surface area is 116 Å². The van der Waals surface area contributed by atoms with Gasteiger partial charge in [-0.05, 0) is 26.0 Å². The van der Waals surface area contributed by atoms with Crippen molar-refractivity contribution in [3.63, 3.8) is 0 Å². The van der Waals surface area contributed by atoms with E-state index in [-0.39, 0.29) is 19.0 Å². The van der Waals surface area contributed by atoms with Crippen molar-refractivity contribution < 1.29 is 35.4 Å². The molecule has 1 rings (SSSR count). The van der Waals surface area contributed by atoms with Crippen molar-refractivity contribution in [2.24, 2.45) is 0 Å². The largest absolute Gasteiger partial charge is 0.490 e. The van der Waals surface area contributed by atoms with Gasteiger partial charge >= 0.3 is 0 Å². The molecule has 0 bridgehead atoms. The van der Waals surface area contributed by atoms with Gasteiger partial charge in [0, 0.05) is 0 Å². The van der Waals surface area contributed by atoms with Crippen LogP contribution in [-0.2, 0) is 20.2 Å². The molecule has 1 aromatic rings. The van der Waals surface area contributed by atoms with E-state index in [1.807, 2.05) is 0 Å². The molecule has 0 spiro atoms. The van der Waals surface area contributed by atoms with E-state index in [1.54, 1.807) is 6.92 Å². The fourth-order valence-electron chi connectivity index (χ4n) is 1.52. The molecule has 0 saturated carbocycles. The lowest BCUT2D eigenvalue weighted by Crippen LogP contribution is -2.12. The van der Waals surface area contributed by atoms with E-state index in [4.69, 9.17) is 14.0 Å². The number of ether oxygens (including phenoxy) is 2. The lowest BCUT2D eigenvalue weighted by molar-refractivity contribution is 0.278. The Kier molecular flexibility index (Phi) is 4.97. The summed E-state index contributed by atoms with van der Waals surface area (Å²) in [7, 11) is -9.82. The van der Waals surface area contributed by atoms with Gasteiger partial charge in [0.25, 0.3) is 20.2 Å². The molecule has 8 nitrogen and oxygen atoms in total. The minimum atomic E-state index is -4.95. The lowest BCUT2D eigenvalue weighted by Gasteiger charge is -2.15. The van der Waals surface area contributed by atoms with Gasteiger partial charge in [-0.25, -0.2) is 0 Å². The molecule has 0 heterocycles. The first-order valence-electron chi connectivity index (χ1n) is 5.50. The van der Waals surface area contributed by atoms with E-state index >= 15 is 0 Å². The topological polar surface area (TPSA) is 127 Å². The molecule has 0 saturated heterocycles. The van der Waals surface area contributed by atoms with Gasteiger partial charge in [0.2, 0.25) is 0 Å². The second-order valence-electron chi connectivity index (χ2n) is 3.54. The minimum Gasteiger partial charge on any atom is -0.490 e. The highest BCUT2D eigenvalue weighted by molar-refractivity contribution is 7.89. The fourth-order valence-corrected chi connectivity index (χ4v) is 3.44. The molecule has 0 unspecified atom stereocenters. The molecular formula is C10H14O8S2. The van der Waals surface area contributed by atoms with E-state index in [1.165, 1.54) is 6.92 Å². The molecule has 0 aliphatic carbocycles. The first-order chi connectivity index (χ1) is 9.12. The molecule has 20 heavy (non-hydrogen) atoms. The zero-order valence-electron chi connectivity index (χ0n) is 10.7. The van der Waals surface area contributed by atoms with Gasteiger partial charge in [-0.2, -0.15) is 16.8 Å². The molecule has 1 aromatic carbocycles. The highest BCUT2D eigenvalue weighted by atomic mass is 32.2. The maximum atomic E-state index is 11.4. The number of hydrogen-bond donors (Lipinski definition) is 2. The van der Waals surface area contributed by atoms with Crippen LogP contribution in [0.2, 0.25) is 0 Å². The van der Waals surface area contributed by atoms with Crippen LogP contribution in [0.4, 0.5) is 0 Å². The predicted molar refractivity (Wildman–Crippen MR) is 68.4 cm³/mol. The average molecular weight is 326 g/mol. The van der Waals surface area contributed by atoms with Gasteiger partial charge in [0.1, 0.15) is 4.90 Å². The highest BCUT2D eigenvalue weighted by Gasteiger charge is 2.31. The van der Waals surface area contributed by atoms with Crippen LogP contribution >= 0.6 is 0 Å². The zero-order chi connectivity index (χ0) is 15.6. The number of rotatable bonds is 6. The molecule has 0 radical (unpaired) electrons. The SMILES string of the molecule is CCOc1ccc(S(=O)(=O)O)c(S(=O)(=O)O)c1OCC. The van der Waals surface area contributed by atoms with Crippen molar-refractivity contribution in [2.45, 2.75) is 23.6 Å². The molecule has 0 aromatic heterocycles. The second-order valence-corrected chi connectivity index (χ2v) is 6.28. The van der Waals surface area contributed by atoms with E-state index in [0.29, 0.717) is 0 Å². The summed E-state index contributed by atoms with van der Waals surface area (Å²) in [5.41, 5.74) is 0. The molecule has 0 fully saturated rings. The van der Waals surface area contributed by atoms with E-state index in [9.17, 15) is 21.4 Å². The van der Waals surface area contributed by atoms with Crippen LogP contribution in [0, 0.1) is 0 Å². The molecule has 10 heteroatoms. The first kappa shape index (κ1) is 16.7. The summed E-state index contributed by atoms with van der Waals surface area (Å²) in [6, 6.07) is 1.94. The van der Waals surface area contributed by atoms with Gasteiger partial charge in [-0.15, -0.1) is 0 Å². The summed E-state index contributed by atoms with van der Waals surface area (Å²) in [6.07, 6.45) is 0. The summed E-state index contributed by atoms with van der Waals surface area (Å²) in [5, 5.41) is 0. The van der Waals surface area contributed by atoms with Gasteiger partial charge in [0.05, 0.1) is 13.2 Å². The molecule has 0 amide bonds. The van der Waals surface area contributed by atoms with Crippen molar-refractivity contribution in [3.8, 4) is 11.5 Å². The molecule has 2 N–H and O–H groups in total. The molecule has 0 aliphatic rings. The van der Waals surface area contributed by atoms with E-state index < -0.39 is 35.8 Å². The Balaban J connectivity index is 3.80. The van der Waals surface area contributed by atoms with Gasteiger partial charge in [0.15, 0.2) is 16.4 Å². The molecule has 114 valence electrons. The third kappa shape index (κ3) is 3.60. The van der Waals surface area contributed by atoms with Crippen LogP contribution in [0.25, 0.3) is 0 Å². The summed E-state index contributed by atoms with van der Waals surface area (Å²) >= 11 is 0. The minimum absolute atomic E-state index is 0.00246. The monoisotopic (exact) mass is 326 g/mol. The van der Waals surface area contributed by atoms with Crippen molar-refractivity contribution >= 4 is 20.2 Å². The smallest absolute Gasteiger partial charge is 0.299 e. The van der Waals surface area contributed by atoms with Crippen molar-refractivity contribution in [1.82, 2.24) is 0 Å². The van der Waals surface area contributed by atoms with Gasteiger partial charge in [-0.1, -0.05) is 0 Å². The predicted octanol–water partition coefficient (Wildman–Crippen LogP) is 0.977. The van der Waals surface area contributed by atoms with Crippen molar-refractivity contribution in [1.29, 1.82) is 0 Å². The van der Waals surface area contributed by atoms with Gasteiger partial charge < -0.3 is 9.47 Å². The first-order valence-corrected chi connectivity index (χ1v) is 8.38. The summed E-state index contributed by atoms with van der Waals surface area (Å²) in [4.78, 5) is -2.03. The Bertz CT molecular complexity index is 690. The Morgan fingerprint density at radius 1 is 0.950 bits per heavy atom. The highest BCUT2D eigenvalue weighted by Crippen LogP contribution is 2.39. The van der Waals surface area contributed by atoms with Crippen molar-refractivity contribution in [2.75, 3.05) is 13.2 Å². The fraction of sp³-hybridized carbons (Fsp3) is 0.400. The summed E-state index contributed by atoms with van der Waals surface area (Å²) < 4.78 is 73.6. The maximum Gasteiger partial charge on any atom is 0.299 e. The standard InChI is InChI=1S/C10H14O8S2/c1-3-17-7-5-6-8(19(11,12)13)10(20(14,15)16)9(7)18-4-2/h5-6H,3-4H2,1-2H3,(H,11,12,13)(H,14,15,16). The normalized spacial score (nSPS) is 12.2. The third-order valence-corrected chi connectivity index (χ3v) is 4.11. The van der Waals surface area contributed by atoms with Crippen LogP contribution in [0.3, 0.4) is 0 Å². The third-order valence-electron chi connectivity index (χ3n) is 2.16. The molecule has 0 atom stereocenters. The van der Waals surface area contributed by atoms with Gasteiger partial charge in [-0.3, -0.25) is 9.11 Å². The molecular weight excluding hydrogens is 312 g/mol. The van der Waals surface area contributed by atoms with Crippen LogP contribution in [0.15, 0.2) is 21.9 Å². The van der Waals surface area contributed by atoms with Crippen LogP contribution in [-0.4, -0.2) is 39.2 Å². The van der Waals surface area contributed by atoms with E-state index in [0.717, 1.165) is 12.1 Å². The number of benzene rings is 1.